The highest BCUT2D eigenvalue weighted by Gasteiger charge is 2.38. The third-order valence-corrected chi connectivity index (χ3v) is 9.66. The predicted octanol–water partition coefficient (Wildman–Crippen LogP) is 4.82. The molecule has 2 fully saturated rings. The van der Waals surface area contributed by atoms with E-state index in [-0.39, 0.29) is 23.7 Å². The van der Waals surface area contributed by atoms with Gasteiger partial charge in [0.15, 0.2) is 0 Å². The zero-order valence-corrected chi connectivity index (χ0v) is 20.7. The Kier molecular flexibility index (Phi) is 6.65. The summed E-state index contributed by atoms with van der Waals surface area (Å²) in [5.74, 6) is -0.367. The van der Waals surface area contributed by atoms with Gasteiger partial charge in [-0.25, -0.2) is 12.8 Å². The summed E-state index contributed by atoms with van der Waals surface area (Å²) in [6.07, 6.45) is 2.84. The van der Waals surface area contributed by atoms with Crippen molar-refractivity contribution in [1.82, 2.24) is 9.21 Å². The minimum Gasteiger partial charge on any atom is -0.335 e. The number of amides is 1. The normalized spacial score (nSPS) is 20.4. The summed E-state index contributed by atoms with van der Waals surface area (Å²) < 4.78 is 41.9. The summed E-state index contributed by atoms with van der Waals surface area (Å²) >= 11 is 0. The molecule has 2 heterocycles. The molecule has 0 spiro atoms. The van der Waals surface area contributed by atoms with Crippen LogP contribution in [0.15, 0.2) is 35.2 Å². The van der Waals surface area contributed by atoms with Crippen LogP contribution in [-0.4, -0.2) is 43.2 Å². The number of halogens is 1. The van der Waals surface area contributed by atoms with Crippen molar-refractivity contribution in [1.29, 1.82) is 0 Å². The maximum atomic E-state index is 13.5. The Hall–Kier alpha value is -2.25. The van der Waals surface area contributed by atoms with Gasteiger partial charge in [-0.15, -0.1) is 0 Å². The summed E-state index contributed by atoms with van der Waals surface area (Å²) in [6.45, 7) is 9.01. The Balaban J connectivity index is 1.48. The van der Waals surface area contributed by atoms with E-state index >= 15 is 0 Å². The van der Waals surface area contributed by atoms with E-state index < -0.39 is 10.0 Å². The standard InChI is InChI=1S/C26H33FN2O3S/c1-17-16-18(2)20(4)25(19(17)3)33(31,32)28-14-11-22(12-15-28)26(30)29-13-5-6-24(29)21-7-9-23(27)10-8-21/h7-10,16,22,24H,5-6,11-15H2,1-4H3. The van der Waals surface area contributed by atoms with Gasteiger partial charge in [-0.1, -0.05) is 18.2 Å². The Morgan fingerprint density at radius 1 is 0.909 bits per heavy atom. The molecule has 1 unspecified atom stereocenters. The zero-order chi connectivity index (χ0) is 23.9. The van der Waals surface area contributed by atoms with Gasteiger partial charge >= 0.3 is 0 Å². The van der Waals surface area contributed by atoms with Gasteiger partial charge < -0.3 is 4.90 Å². The Morgan fingerprint density at radius 3 is 2.06 bits per heavy atom. The molecule has 0 bridgehead atoms. The number of carbonyl (C=O) groups excluding carboxylic acids is 1. The number of sulfonamides is 1. The maximum absolute atomic E-state index is 13.5. The fourth-order valence-corrected chi connectivity index (χ4v) is 7.38. The van der Waals surface area contributed by atoms with Crippen molar-refractivity contribution in [3.05, 3.63) is 64.0 Å². The smallest absolute Gasteiger partial charge is 0.243 e. The van der Waals surface area contributed by atoms with Crippen molar-refractivity contribution in [3.63, 3.8) is 0 Å². The molecule has 1 amide bonds. The van der Waals surface area contributed by atoms with Crippen molar-refractivity contribution in [2.45, 2.75) is 64.3 Å². The first kappa shape index (κ1) is 23.9. The largest absolute Gasteiger partial charge is 0.335 e. The number of piperidine rings is 1. The molecule has 2 aromatic rings. The number of hydrogen-bond acceptors (Lipinski definition) is 3. The Bertz CT molecular complexity index is 1130. The van der Waals surface area contributed by atoms with E-state index in [1.165, 1.54) is 12.1 Å². The Morgan fingerprint density at radius 2 is 1.48 bits per heavy atom. The van der Waals surface area contributed by atoms with Gasteiger partial charge in [-0.3, -0.25) is 4.79 Å². The average molecular weight is 473 g/mol. The molecule has 178 valence electrons. The highest BCUT2D eigenvalue weighted by molar-refractivity contribution is 7.89. The van der Waals surface area contributed by atoms with Crippen molar-refractivity contribution >= 4 is 15.9 Å². The van der Waals surface area contributed by atoms with Crippen molar-refractivity contribution in [3.8, 4) is 0 Å². The van der Waals surface area contributed by atoms with Gasteiger partial charge in [0.1, 0.15) is 5.82 Å². The third-order valence-electron chi connectivity index (χ3n) is 7.49. The van der Waals surface area contributed by atoms with Crippen LogP contribution >= 0.6 is 0 Å². The molecule has 0 saturated carbocycles. The molecule has 2 aliphatic heterocycles. The summed E-state index contributed by atoms with van der Waals surface area (Å²) in [6, 6.07) is 8.40. The molecular weight excluding hydrogens is 439 g/mol. The second kappa shape index (κ2) is 9.18. The van der Waals surface area contributed by atoms with Crippen LogP contribution in [0.1, 0.15) is 59.5 Å². The van der Waals surface area contributed by atoms with Crippen LogP contribution in [0.4, 0.5) is 4.39 Å². The molecule has 0 aromatic heterocycles. The number of hydrogen-bond donors (Lipinski definition) is 0. The predicted molar refractivity (Wildman–Crippen MR) is 127 cm³/mol. The molecule has 7 heteroatoms. The molecule has 2 saturated heterocycles. The Labute approximate surface area is 196 Å². The van der Waals surface area contributed by atoms with E-state index in [9.17, 15) is 17.6 Å². The summed E-state index contributed by atoms with van der Waals surface area (Å²) in [4.78, 5) is 15.7. The molecule has 1 atom stereocenters. The summed E-state index contributed by atoms with van der Waals surface area (Å²) in [5.41, 5.74) is 4.51. The van der Waals surface area contributed by atoms with Crippen molar-refractivity contribution in [2.75, 3.05) is 19.6 Å². The minimum atomic E-state index is -3.62. The lowest BCUT2D eigenvalue weighted by Crippen LogP contribution is -2.44. The monoisotopic (exact) mass is 472 g/mol. The van der Waals surface area contributed by atoms with Crippen LogP contribution in [0.25, 0.3) is 0 Å². The molecule has 0 radical (unpaired) electrons. The molecular formula is C26H33FN2O3S. The average Bonchev–Trinajstić information content (AvgIpc) is 3.28. The molecule has 5 nitrogen and oxygen atoms in total. The SMILES string of the molecule is Cc1cc(C)c(C)c(S(=O)(=O)N2CCC(C(=O)N3CCCC3c3ccc(F)cc3)CC2)c1C. The zero-order valence-electron chi connectivity index (χ0n) is 19.9. The van der Waals surface area contributed by atoms with Crippen LogP contribution < -0.4 is 0 Å². The molecule has 33 heavy (non-hydrogen) atoms. The number of nitrogens with zero attached hydrogens (tertiary/aromatic N) is 2. The lowest BCUT2D eigenvalue weighted by Gasteiger charge is -2.35. The first-order valence-electron chi connectivity index (χ1n) is 11.7. The summed E-state index contributed by atoms with van der Waals surface area (Å²) in [5, 5.41) is 0. The quantitative estimate of drug-likeness (QED) is 0.641. The maximum Gasteiger partial charge on any atom is 0.243 e. The molecule has 4 rings (SSSR count). The lowest BCUT2D eigenvalue weighted by atomic mass is 9.95. The minimum absolute atomic E-state index is 0.0274. The van der Waals surface area contributed by atoms with E-state index in [0.717, 1.165) is 40.7 Å². The van der Waals surface area contributed by atoms with Crippen LogP contribution in [0.3, 0.4) is 0 Å². The number of aryl methyl sites for hydroxylation is 2. The van der Waals surface area contributed by atoms with Crippen LogP contribution in [0.2, 0.25) is 0 Å². The topological polar surface area (TPSA) is 57.7 Å². The van der Waals surface area contributed by atoms with Gasteiger partial charge in [0.05, 0.1) is 10.9 Å². The third kappa shape index (κ3) is 4.45. The molecule has 0 N–H and O–H groups in total. The van der Waals surface area contributed by atoms with E-state index in [1.807, 2.05) is 38.7 Å². The van der Waals surface area contributed by atoms with E-state index in [1.54, 1.807) is 16.4 Å². The first-order valence-corrected chi connectivity index (χ1v) is 13.2. The van der Waals surface area contributed by atoms with E-state index in [0.29, 0.717) is 37.4 Å². The number of benzene rings is 2. The van der Waals surface area contributed by atoms with Gasteiger partial charge in [-0.2, -0.15) is 4.31 Å². The van der Waals surface area contributed by atoms with Crippen molar-refractivity contribution < 1.29 is 17.6 Å². The number of rotatable bonds is 4. The lowest BCUT2D eigenvalue weighted by molar-refractivity contribution is -0.137. The molecule has 2 aliphatic rings. The second-order valence-corrected chi connectivity index (χ2v) is 11.4. The van der Waals surface area contributed by atoms with E-state index in [2.05, 4.69) is 0 Å². The second-order valence-electron chi connectivity index (χ2n) is 9.51. The van der Waals surface area contributed by atoms with Crippen LogP contribution in [0, 0.1) is 39.4 Å². The first-order chi connectivity index (χ1) is 15.6. The van der Waals surface area contributed by atoms with Gasteiger partial charge in [0.2, 0.25) is 15.9 Å². The van der Waals surface area contributed by atoms with Crippen molar-refractivity contribution in [2.24, 2.45) is 5.92 Å². The van der Waals surface area contributed by atoms with Crippen LogP contribution in [0.5, 0.6) is 0 Å². The van der Waals surface area contributed by atoms with E-state index in [4.69, 9.17) is 0 Å². The number of carbonyl (C=O) groups is 1. The van der Waals surface area contributed by atoms with Gasteiger partial charge in [0, 0.05) is 25.6 Å². The molecule has 0 aliphatic carbocycles. The number of likely N-dealkylation sites (tertiary alicyclic amines) is 1. The molecule has 2 aromatic carbocycles. The fraction of sp³-hybridized carbons (Fsp3) is 0.500. The van der Waals surface area contributed by atoms with Gasteiger partial charge in [0.25, 0.3) is 0 Å². The highest BCUT2D eigenvalue weighted by atomic mass is 32.2. The van der Waals surface area contributed by atoms with Gasteiger partial charge in [-0.05, 0) is 93.3 Å². The highest BCUT2D eigenvalue weighted by Crippen LogP contribution is 2.36. The fourth-order valence-electron chi connectivity index (χ4n) is 5.34. The summed E-state index contributed by atoms with van der Waals surface area (Å²) in [7, 11) is -3.62. The van der Waals surface area contributed by atoms with Crippen LogP contribution in [-0.2, 0) is 14.8 Å².